The maximum Gasteiger partial charge on any atom is 0.232 e. The first-order valence-electron chi connectivity index (χ1n) is 4.94. The molecule has 1 unspecified atom stereocenters. The Labute approximate surface area is 89.0 Å². The summed E-state index contributed by atoms with van der Waals surface area (Å²) in [6.45, 7) is 3.87. The summed E-state index contributed by atoms with van der Waals surface area (Å²) in [5, 5.41) is 0. The molecule has 5 nitrogen and oxygen atoms in total. The van der Waals surface area contributed by atoms with Crippen LogP contribution in [-0.4, -0.2) is 53.6 Å². The lowest BCUT2D eigenvalue weighted by atomic mass is 10.2. The van der Waals surface area contributed by atoms with Gasteiger partial charge in [-0.25, -0.2) is 0 Å². The molecule has 1 heterocycles. The molecule has 0 N–H and O–H groups in total. The van der Waals surface area contributed by atoms with Crippen LogP contribution in [0.15, 0.2) is 0 Å². The highest BCUT2D eigenvalue weighted by molar-refractivity contribution is 5.99. The Morgan fingerprint density at radius 2 is 2.00 bits per heavy atom. The molecule has 1 aliphatic rings. The fourth-order valence-corrected chi connectivity index (χ4v) is 1.69. The predicted octanol–water partition coefficient (Wildman–Crippen LogP) is -0.345. The standard InChI is InChI=1S/C10H16N2O3/c1-7-5-11(3)9(14)4-10(15)12(7)6-8(2)13/h7H,4-6H2,1-3H3. The maximum atomic E-state index is 11.6. The average Bonchev–Trinajstić information content (AvgIpc) is 2.19. The number of hydrogen-bond acceptors (Lipinski definition) is 3. The molecule has 0 aliphatic carbocycles. The van der Waals surface area contributed by atoms with E-state index in [0.717, 1.165) is 0 Å². The molecular formula is C10H16N2O3. The number of rotatable bonds is 2. The Morgan fingerprint density at radius 1 is 1.40 bits per heavy atom. The number of likely N-dealkylation sites (N-methyl/N-ethyl adjacent to an activating group) is 1. The Balaban J connectivity index is 2.81. The molecule has 1 rings (SSSR count). The van der Waals surface area contributed by atoms with Gasteiger partial charge >= 0.3 is 0 Å². The topological polar surface area (TPSA) is 57.7 Å². The summed E-state index contributed by atoms with van der Waals surface area (Å²) in [6, 6.07) is -0.0992. The van der Waals surface area contributed by atoms with Gasteiger partial charge in [0.25, 0.3) is 0 Å². The molecule has 84 valence electrons. The largest absolute Gasteiger partial charge is 0.343 e. The van der Waals surface area contributed by atoms with Gasteiger partial charge < -0.3 is 9.80 Å². The summed E-state index contributed by atoms with van der Waals surface area (Å²) < 4.78 is 0. The highest BCUT2D eigenvalue weighted by atomic mass is 16.2. The molecule has 2 amide bonds. The fourth-order valence-electron chi connectivity index (χ4n) is 1.69. The van der Waals surface area contributed by atoms with Gasteiger partial charge in [0.2, 0.25) is 11.8 Å². The summed E-state index contributed by atoms with van der Waals surface area (Å²) in [5.41, 5.74) is 0. The van der Waals surface area contributed by atoms with E-state index in [1.165, 1.54) is 16.7 Å². The molecule has 0 aromatic heterocycles. The van der Waals surface area contributed by atoms with Gasteiger partial charge in [0.1, 0.15) is 12.2 Å². The first kappa shape index (κ1) is 11.7. The van der Waals surface area contributed by atoms with Gasteiger partial charge in [-0.3, -0.25) is 14.4 Å². The predicted molar refractivity (Wildman–Crippen MR) is 54.1 cm³/mol. The molecule has 0 bridgehead atoms. The van der Waals surface area contributed by atoms with Crippen LogP contribution in [0.5, 0.6) is 0 Å². The van der Waals surface area contributed by atoms with Crippen molar-refractivity contribution in [2.45, 2.75) is 26.3 Å². The molecule has 1 aliphatic heterocycles. The SMILES string of the molecule is CC(=O)CN1C(=O)CC(=O)N(C)CC1C. The minimum Gasteiger partial charge on any atom is -0.343 e. The van der Waals surface area contributed by atoms with E-state index in [1.807, 2.05) is 6.92 Å². The third-order valence-electron chi connectivity index (χ3n) is 2.51. The number of amides is 2. The molecule has 15 heavy (non-hydrogen) atoms. The zero-order chi connectivity index (χ0) is 11.6. The first-order valence-corrected chi connectivity index (χ1v) is 4.94. The van der Waals surface area contributed by atoms with Crippen molar-refractivity contribution < 1.29 is 14.4 Å². The zero-order valence-corrected chi connectivity index (χ0v) is 9.32. The Kier molecular flexibility index (Phi) is 3.44. The van der Waals surface area contributed by atoms with Crippen LogP contribution in [0.2, 0.25) is 0 Å². The van der Waals surface area contributed by atoms with Crippen molar-refractivity contribution in [3.63, 3.8) is 0 Å². The van der Waals surface area contributed by atoms with Crippen LogP contribution >= 0.6 is 0 Å². The highest BCUT2D eigenvalue weighted by Gasteiger charge is 2.29. The summed E-state index contributed by atoms with van der Waals surface area (Å²) in [7, 11) is 1.67. The molecule has 1 fully saturated rings. The molecule has 0 radical (unpaired) electrons. The third kappa shape index (κ3) is 2.78. The second-order valence-corrected chi connectivity index (χ2v) is 4.02. The van der Waals surface area contributed by atoms with Crippen LogP contribution in [0.1, 0.15) is 20.3 Å². The number of carbonyl (C=O) groups is 3. The van der Waals surface area contributed by atoms with E-state index in [4.69, 9.17) is 0 Å². The molecule has 0 spiro atoms. The molecule has 0 saturated carbocycles. The van der Waals surface area contributed by atoms with Crippen molar-refractivity contribution in [3.8, 4) is 0 Å². The van der Waals surface area contributed by atoms with Crippen LogP contribution in [0, 0.1) is 0 Å². The van der Waals surface area contributed by atoms with Crippen LogP contribution in [0.25, 0.3) is 0 Å². The number of nitrogens with zero attached hydrogens (tertiary/aromatic N) is 2. The molecule has 1 saturated heterocycles. The van der Waals surface area contributed by atoms with E-state index < -0.39 is 0 Å². The normalized spacial score (nSPS) is 23.0. The highest BCUT2D eigenvalue weighted by Crippen LogP contribution is 2.10. The second kappa shape index (κ2) is 4.42. The third-order valence-corrected chi connectivity index (χ3v) is 2.51. The van der Waals surface area contributed by atoms with Crippen LogP contribution in [0.3, 0.4) is 0 Å². The maximum absolute atomic E-state index is 11.6. The average molecular weight is 212 g/mol. The van der Waals surface area contributed by atoms with Gasteiger partial charge in [0, 0.05) is 19.6 Å². The number of hydrogen-bond donors (Lipinski definition) is 0. The minimum atomic E-state index is -0.257. The second-order valence-electron chi connectivity index (χ2n) is 4.02. The van der Waals surface area contributed by atoms with Gasteiger partial charge in [-0.1, -0.05) is 0 Å². The van der Waals surface area contributed by atoms with Gasteiger partial charge in [-0.2, -0.15) is 0 Å². The fraction of sp³-hybridized carbons (Fsp3) is 0.700. The quantitative estimate of drug-likeness (QED) is 0.588. The minimum absolute atomic E-state index is 0.0628. The molecule has 0 aromatic carbocycles. The van der Waals surface area contributed by atoms with E-state index in [9.17, 15) is 14.4 Å². The number of Topliss-reactive ketones (excluding diaryl/α,β-unsaturated/α-hetero) is 1. The molecule has 5 heteroatoms. The molecular weight excluding hydrogens is 196 g/mol. The van der Waals surface area contributed by atoms with Crippen molar-refractivity contribution >= 4 is 17.6 Å². The first-order chi connectivity index (χ1) is 6.91. The summed E-state index contributed by atoms with van der Waals surface area (Å²) >= 11 is 0. The van der Waals surface area contributed by atoms with E-state index in [0.29, 0.717) is 6.54 Å². The van der Waals surface area contributed by atoms with Gasteiger partial charge in [-0.15, -0.1) is 0 Å². The Bertz CT molecular complexity index is 301. The lowest BCUT2D eigenvalue weighted by Gasteiger charge is -2.26. The van der Waals surface area contributed by atoms with Gasteiger partial charge in [0.05, 0.1) is 6.54 Å². The van der Waals surface area contributed by atoms with E-state index in [-0.39, 0.29) is 36.6 Å². The van der Waals surface area contributed by atoms with Gasteiger partial charge in [-0.05, 0) is 13.8 Å². The Hall–Kier alpha value is -1.39. The zero-order valence-electron chi connectivity index (χ0n) is 9.32. The monoisotopic (exact) mass is 212 g/mol. The summed E-state index contributed by atoms with van der Waals surface area (Å²) in [5.74, 6) is -0.503. The molecule has 0 aromatic rings. The van der Waals surface area contributed by atoms with Crippen LogP contribution in [0.4, 0.5) is 0 Å². The van der Waals surface area contributed by atoms with Crippen molar-refractivity contribution in [1.29, 1.82) is 0 Å². The lowest BCUT2D eigenvalue weighted by molar-refractivity contribution is -0.139. The smallest absolute Gasteiger partial charge is 0.232 e. The van der Waals surface area contributed by atoms with Crippen LogP contribution < -0.4 is 0 Å². The summed E-state index contributed by atoms with van der Waals surface area (Å²) in [6.07, 6.45) is -0.131. The van der Waals surface area contributed by atoms with E-state index >= 15 is 0 Å². The summed E-state index contributed by atoms with van der Waals surface area (Å²) in [4.78, 5) is 37.0. The lowest BCUT2D eigenvalue weighted by Crippen LogP contribution is -2.43. The number of carbonyl (C=O) groups excluding carboxylic acids is 3. The van der Waals surface area contributed by atoms with Crippen molar-refractivity contribution in [3.05, 3.63) is 0 Å². The van der Waals surface area contributed by atoms with Gasteiger partial charge in [0.15, 0.2) is 0 Å². The number of ketones is 1. The van der Waals surface area contributed by atoms with E-state index in [1.54, 1.807) is 7.05 Å². The van der Waals surface area contributed by atoms with Crippen LogP contribution in [-0.2, 0) is 14.4 Å². The van der Waals surface area contributed by atoms with Crippen molar-refractivity contribution in [1.82, 2.24) is 9.80 Å². The molecule has 1 atom stereocenters. The van der Waals surface area contributed by atoms with Crippen molar-refractivity contribution in [2.24, 2.45) is 0 Å². The van der Waals surface area contributed by atoms with Crippen molar-refractivity contribution in [2.75, 3.05) is 20.1 Å². The van der Waals surface area contributed by atoms with E-state index in [2.05, 4.69) is 0 Å². The Morgan fingerprint density at radius 3 is 2.53 bits per heavy atom.